The first-order valence-electron chi connectivity index (χ1n) is 8.92. The van der Waals surface area contributed by atoms with E-state index in [0.717, 1.165) is 22.4 Å². The minimum atomic E-state index is -0.231. The maximum absolute atomic E-state index is 13.1. The lowest BCUT2D eigenvalue weighted by molar-refractivity contribution is 0.0733. The van der Waals surface area contributed by atoms with Gasteiger partial charge in [0, 0.05) is 18.8 Å². The van der Waals surface area contributed by atoms with Crippen LogP contribution in [0.3, 0.4) is 0 Å². The van der Waals surface area contributed by atoms with Gasteiger partial charge >= 0.3 is 0 Å². The van der Waals surface area contributed by atoms with Crippen LogP contribution in [0.1, 0.15) is 69.2 Å². The molecule has 1 N–H and O–H groups in total. The van der Waals surface area contributed by atoms with Crippen molar-refractivity contribution in [3.05, 3.63) is 23.0 Å². The molecule has 0 fully saturated rings. The SMILES string of the molecule is CCN(CCO)C(=O)c1cc(C(C)C)nc2c1c(C)nn2C(C)(C)C. The predicted molar refractivity (Wildman–Crippen MR) is 100 cm³/mol. The zero-order valence-corrected chi connectivity index (χ0v) is 16.4. The first-order chi connectivity index (χ1) is 11.6. The van der Waals surface area contributed by atoms with Gasteiger partial charge in [0.05, 0.1) is 28.8 Å². The molecule has 0 aliphatic heterocycles. The molecule has 2 aromatic heterocycles. The van der Waals surface area contributed by atoms with Crippen molar-refractivity contribution in [2.75, 3.05) is 19.7 Å². The summed E-state index contributed by atoms with van der Waals surface area (Å²) in [6.45, 7) is 15.0. The fourth-order valence-electron chi connectivity index (χ4n) is 2.93. The Bertz CT molecular complexity index is 772. The van der Waals surface area contributed by atoms with Crippen LogP contribution in [0.4, 0.5) is 0 Å². The summed E-state index contributed by atoms with van der Waals surface area (Å²) in [6, 6.07) is 1.89. The van der Waals surface area contributed by atoms with Crippen molar-refractivity contribution in [3.8, 4) is 0 Å². The van der Waals surface area contributed by atoms with Gasteiger partial charge in [0.1, 0.15) is 0 Å². The lowest BCUT2D eigenvalue weighted by Gasteiger charge is -2.22. The molecule has 0 aliphatic carbocycles. The molecule has 138 valence electrons. The summed E-state index contributed by atoms with van der Waals surface area (Å²) in [6.07, 6.45) is 0. The highest BCUT2D eigenvalue weighted by Crippen LogP contribution is 2.29. The average Bonchev–Trinajstić information content (AvgIpc) is 2.88. The number of likely N-dealkylation sites (N-methyl/N-ethyl adjacent to an activating group) is 1. The first kappa shape index (κ1) is 19.4. The Labute approximate surface area is 149 Å². The second-order valence-electron chi connectivity index (χ2n) is 7.72. The summed E-state index contributed by atoms with van der Waals surface area (Å²) in [4.78, 5) is 19.6. The second kappa shape index (κ2) is 7.12. The Hall–Kier alpha value is -1.95. The number of aryl methyl sites for hydroxylation is 1. The number of hydrogen-bond donors (Lipinski definition) is 1. The maximum Gasteiger partial charge on any atom is 0.254 e. The molecule has 2 heterocycles. The van der Waals surface area contributed by atoms with Crippen LogP contribution in [0.15, 0.2) is 6.07 Å². The van der Waals surface area contributed by atoms with Crippen LogP contribution in [0.25, 0.3) is 11.0 Å². The molecule has 0 aromatic carbocycles. The van der Waals surface area contributed by atoms with Gasteiger partial charge in [0.2, 0.25) is 0 Å². The summed E-state index contributed by atoms with van der Waals surface area (Å²) < 4.78 is 1.91. The third kappa shape index (κ3) is 3.68. The van der Waals surface area contributed by atoms with Gasteiger partial charge in [0.25, 0.3) is 5.91 Å². The Balaban J connectivity index is 2.78. The normalized spacial score (nSPS) is 12.2. The van der Waals surface area contributed by atoms with Gasteiger partial charge in [-0.2, -0.15) is 5.10 Å². The molecule has 0 unspecified atom stereocenters. The fraction of sp³-hybridized carbons (Fsp3) is 0.632. The molecule has 0 spiro atoms. The van der Waals surface area contributed by atoms with Crippen LogP contribution in [0, 0.1) is 6.92 Å². The Morgan fingerprint density at radius 1 is 1.36 bits per heavy atom. The lowest BCUT2D eigenvalue weighted by atomic mass is 10.0. The number of nitrogens with zero attached hydrogens (tertiary/aromatic N) is 4. The molecule has 0 radical (unpaired) electrons. The van der Waals surface area contributed by atoms with Crippen LogP contribution in [-0.4, -0.2) is 50.4 Å². The van der Waals surface area contributed by atoms with Crippen molar-refractivity contribution in [1.29, 1.82) is 0 Å². The van der Waals surface area contributed by atoms with Gasteiger partial charge in [-0.05, 0) is 46.6 Å². The standard InChI is InChI=1S/C19H30N4O2/c1-8-22(9-10-24)18(25)14-11-15(12(2)3)20-17-16(14)13(4)21-23(17)19(5,6)7/h11-12,24H,8-10H2,1-7H3. The Kier molecular flexibility index (Phi) is 5.52. The van der Waals surface area contributed by atoms with Gasteiger partial charge in [-0.15, -0.1) is 0 Å². The number of hydrogen-bond acceptors (Lipinski definition) is 4. The van der Waals surface area contributed by atoms with Crippen molar-refractivity contribution in [2.45, 2.75) is 59.9 Å². The minimum Gasteiger partial charge on any atom is -0.395 e. The van der Waals surface area contributed by atoms with Crippen LogP contribution in [0.5, 0.6) is 0 Å². The molecule has 6 heteroatoms. The van der Waals surface area contributed by atoms with Crippen LogP contribution in [0.2, 0.25) is 0 Å². The summed E-state index contributed by atoms with van der Waals surface area (Å²) in [7, 11) is 0. The third-order valence-electron chi connectivity index (χ3n) is 4.33. The number of pyridine rings is 1. The van der Waals surface area contributed by atoms with Crippen LogP contribution < -0.4 is 0 Å². The summed E-state index contributed by atoms with van der Waals surface area (Å²) in [5.74, 6) is 0.120. The highest BCUT2D eigenvalue weighted by Gasteiger charge is 2.26. The van der Waals surface area contributed by atoms with Gasteiger partial charge in [-0.3, -0.25) is 4.79 Å². The van der Waals surface area contributed by atoms with Gasteiger partial charge in [-0.25, -0.2) is 9.67 Å². The predicted octanol–water partition coefficient (Wildman–Crippen LogP) is 3.07. The molecular formula is C19H30N4O2. The van der Waals surface area contributed by atoms with E-state index in [2.05, 4.69) is 39.7 Å². The zero-order chi connectivity index (χ0) is 18.9. The van der Waals surface area contributed by atoms with Crippen molar-refractivity contribution >= 4 is 16.9 Å². The summed E-state index contributed by atoms with van der Waals surface area (Å²) in [5, 5.41) is 14.7. The number of aliphatic hydroxyl groups excluding tert-OH is 1. The van der Waals surface area contributed by atoms with E-state index < -0.39 is 0 Å². The van der Waals surface area contributed by atoms with E-state index in [-0.39, 0.29) is 24.0 Å². The monoisotopic (exact) mass is 346 g/mol. The Morgan fingerprint density at radius 2 is 2.00 bits per heavy atom. The number of carbonyl (C=O) groups is 1. The molecule has 0 aliphatic rings. The molecular weight excluding hydrogens is 316 g/mol. The largest absolute Gasteiger partial charge is 0.395 e. The van der Waals surface area contributed by atoms with E-state index in [4.69, 9.17) is 4.98 Å². The van der Waals surface area contributed by atoms with E-state index in [1.54, 1.807) is 4.90 Å². The highest BCUT2D eigenvalue weighted by molar-refractivity contribution is 6.06. The minimum absolute atomic E-state index is 0.0505. The topological polar surface area (TPSA) is 71.2 Å². The van der Waals surface area contributed by atoms with E-state index in [9.17, 15) is 9.90 Å². The first-order valence-corrected chi connectivity index (χ1v) is 8.92. The highest BCUT2D eigenvalue weighted by atomic mass is 16.3. The molecule has 6 nitrogen and oxygen atoms in total. The van der Waals surface area contributed by atoms with Crippen molar-refractivity contribution in [1.82, 2.24) is 19.7 Å². The van der Waals surface area contributed by atoms with E-state index in [0.29, 0.717) is 18.7 Å². The number of fused-ring (bicyclic) bond motifs is 1. The molecule has 2 aromatic rings. The smallest absolute Gasteiger partial charge is 0.254 e. The number of aromatic nitrogens is 3. The van der Waals surface area contributed by atoms with E-state index in [1.807, 2.05) is 24.6 Å². The number of carbonyl (C=O) groups excluding carboxylic acids is 1. The summed E-state index contributed by atoms with van der Waals surface area (Å²) >= 11 is 0. The van der Waals surface area contributed by atoms with Gasteiger partial charge < -0.3 is 10.0 Å². The number of amides is 1. The van der Waals surface area contributed by atoms with Gasteiger partial charge in [0.15, 0.2) is 5.65 Å². The quantitative estimate of drug-likeness (QED) is 0.903. The van der Waals surface area contributed by atoms with Crippen LogP contribution >= 0.6 is 0 Å². The zero-order valence-electron chi connectivity index (χ0n) is 16.4. The molecule has 2 rings (SSSR count). The number of aliphatic hydroxyl groups is 1. The maximum atomic E-state index is 13.1. The molecule has 0 bridgehead atoms. The summed E-state index contributed by atoms with van der Waals surface area (Å²) in [5.41, 5.74) is 2.82. The second-order valence-corrected chi connectivity index (χ2v) is 7.72. The van der Waals surface area contributed by atoms with E-state index in [1.165, 1.54) is 0 Å². The fourth-order valence-corrected chi connectivity index (χ4v) is 2.93. The van der Waals surface area contributed by atoms with Gasteiger partial charge in [-0.1, -0.05) is 13.8 Å². The van der Waals surface area contributed by atoms with Crippen molar-refractivity contribution < 1.29 is 9.90 Å². The van der Waals surface area contributed by atoms with Crippen LogP contribution in [-0.2, 0) is 5.54 Å². The van der Waals surface area contributed by atoms with E-state index >= 15 is 0 Å². The third-order valence-corrected chi connectivity index (χ3v) is 4.33. The molecule has 0 atom stereocenters. The Morgan fingerprint density at radius 3 is 2.48 bits per heavy atom. The van der Waals surface area contributed by atoms with Crippen molar-refractivity contribution in [2.24, 2.45) is 0 Å². The number of rotatable bonds is 5. The lowest BCUT2D eigenvalue weighted by Crippen LogP contribution is -2.33. The molecule has 25 heavy (non-hydrogen) atoms. The van der Waals surface area contributed by atoms with Crippen molar-refractivity contribution in [3.63, 3.8) is 0 Å². The molecule has 1 amide bonds. The molecule has 0 saturated carbocycles. The average molecular weight is 346 g/mol. The molecule has 0 saturated heterocycles.